The van der Waals surface area contributed by atoms with Crippen molar-refractivity contribution in [3.8, 4) is 11.4 Å². The van der Waals surface area contributed by atoms with E-state index >= 15 is 0 Å². The van der Waals surface area contributed by atoms with Crippen molar-refractivity contribution in [3.05, 3.63) is 72.3 Å². The first kappa shape index (κ1) is 18.0. The fourth-order valence-electron chi connectivity index (χ4n) is 2.40. The minimum Gasteiger partial charge on any atom is -0.492 e. The van der Waals surface area contributed by atoms with E-state index < -0.39 is 0 Å². The molecule has 1 N–H and O–H groups in total. The monoisotopic (exact) mass is 371 g/mol. The lowest BCUT2D eigenvalue weighted by molar-refractivity contribution is 0.0947. The third-order valence-corrected chi connectivity index (χ3v) is 4.31. The molecule has 0 fully saturated rings. The molecule has 1 aromatic heterocycles. The minimum atomic E-state index is -0.312. The second kappa shape index (κ2) is 8.53. The summed E-state index contributed by atoms with van der Waals surface area (Å²) in [5, 5.41) is 3.67. The molecule has 3 aromatic rings. The van der Waals surface area contributed by atoms with E-state index in [2.05, 4.69) is 10.3 Å². The van der Waals surface area contributed by atoms with Gasteiger partial charge in [0, 0.05) is 23.6 Å². The van der Waals surface area contributed by atoms with Gasteiger partial charge in [0.1, 0.15) is 18.2 Å². The maximum absolute atomic E-state index is 12.8. The number of aromatic nitrogens is 2. The summed E-state index contributed by atoms with van der Waals surface area (Å²) in [7, 11) is 0. The molecule has 0 radical (unpaired) electrons. The Bertz CT molecular complexity index is 881. The zero-order chi connectivity index (χ0) is 18.4. The fourth-order valence-corrected chi connectivity index (χ4v) is 2.93. The summed E-state index contributed by atoms with van der Waals surface area (Å²) < 4.78 is 20.2. The number of carbonyl (C=O) groups excluding carboxylic acids is 1. The first-order valence-corrected chi connectivity index (χ1v) is 9.24. The van der Waals surface area contributed by atoms with Crippen molar-refractivity contribution >= 4 is 17.7 Å². The van der Waals surface area contributed by atoms with E-state index in [1.54, 1.807) is 24.4 Å². The van der Waals surface area contributed by atoms with Crippen LogP contribution in [0.5, 0.6) is 5.75 Å². The van der Waals surface area contributed by atoms with Gasteiger partial charge in [-0.15, -0.1) is 0 Å². The van der Waals surface area contributed by atoms with Crippen LogP contribution in [0.3, 0.4) is 0 Å². The number of imidazole rings is 1. The first-order valence-electron chi connectivity index (χ1n) is 8.02. The average Bonchev–Trinajstić information content (AvgIpc) is 3.15. The van der Waals surface area contributed by atoms with Crippen LogP contribution in [0.2, 0.25) is 0 Å². The number of rotatable bonds is 7. The van der Waals surface area contributed by atoms with Gasteiger partial charge in [-0.05, 0) is 48.7 Å². The van der Waals surface area contributed by atoms with Gasteiger partial charge in [-0.3, -0.25) is 9.36 Å². The number of halogens is 1. The number of ether oxygens (including phenoxy) is 1. The Morgan fingerprint density at radius 2 is 2.08 bits per heavy atom. The quantitative estimate of drug-likeness (QED) is 0.510. The molecule has 0 spiro atoms. The highest BCUT2D eigenvalue weighted by atomic mass is 32.2. The highest BCUT2D eigenvalue weighted by Crippen LogP contribution is 2.19. The summed E-state index contributed by atoms with van der Waals surface area (Å²) >= 11 is 1.54. The first-order chi connectivity index (χ1) is 12.7. The minimum absolute atomic E-state index is 0.180. The second-order valence-electron chi connectivity index (χ2n) is 5.39. The van der Waals surface area contributed by atoms with Gasteiger partial charge in [-0.25, -0.2) is 9.37 Å². The maximum atomic E-state index is 12.8. The number of nitrogens with zero attached hydrogens (tertiary/aromatic N) is 2. The van der Waals surface area contributed by atoms with Crippen LogP contribution in [-0.2, 0) is 0 Å². The number of amides is 1. The predicted octanol–water partition coefficient (Wildman–Crippen LogP) is 3.54. The average molecular weight is 371 g/mol. The molecule has 1 amide bonds. The molecule has 0 bridgehead atoms. The fraction of sp³-hybridized carbons (Fsp3) is 0.158. The van der Waals surface area contributed by atoms with E-state index in [-0.39, 0.29) is 11.7 Å². The van der Waals surface area contributed by atoms with E-state index in [0.717, 1.165) is 10.8 Å². The molecule has 0 unspecified atom stereocenters. The number of hydrogen-bond donors (Lipinski definition) is 1. The number of thioether (sulfide) groups is 1. The lowest BCUT2D eigenvalue weighted by atomic mass is 10.2. The molecule has 2 aromatic carbocycles. The second-order valence-corrected chi connectivity index (χ2v) is 6.17. The Balaban J connectivity index is 1.56. The van der Waals surface area contributed by atoms with Gasteiger partial charge in [0.2, 0.25) is 0 Å². The molecular weight excluding hydrogens is 353 g/mol. The Morgan fingerprint density at radius 1 is 1.27 bits per heavy atom. The Hall–Kier alpha value is -2.80. The largest absolute Gasteiger partial charge is 0.492 e. The van der Waals surface area contributed by atoms with Crippen LogP contribution in [0.4, 0.5) is 4.39 Å². The molecule has 26 heavy (non-hydrogen) atoms. The van der Waals surface area contributed by atoms with Crippen LogP contribution < -0.4 is 10.1 Å². The summed E-state index contributed by atoms with van der Waals surface area (Å²) in [6.45, 7) is 0.650. The molecule has 7 heteroatoms. The van der Waals surface area contributed by atoms with E-state index in [0.29, 0.717) is 24.5 Å². The molecule has 0 aliphatic carbocycles. The Kier molecular flexibility index (Phi) is 5.91. The third kappa shape index (κ3) is 4.43. The van der Waals surface area contributed by atoms with Gasteiger partial charge in [-0.2, -0.15) is 0 Å². The zero-order valence-corrected chi connectivity index (χ0v) is 15.0. The Labute approximate surface area is 155 Å². The van der Waals surface area contributed by atoms with Gasteiger partial charge in [0.05, 0.1) is 6.54 Å². The number of benzene rings is 2. The van der Waals surface area contributed by atoms with Crippen molar-refractivity contribution in [2.24, 2.45) is 0 Å². The van der Waals surface area contributed by atoms with Crippen molar-refractivity contribution in [1.82, 2.24) is 14.9 Å². The van der Waals surface area contributed by atoms with Crippen molar-refractivity contribution in [2.45, 2.75) is 5.16 Å². The van der Waals surface area contributed by atoms with Crippen LogP contribution in [-0.4, -0.2) is 34.9 Å². The molecule has 0 aliphatic heterocycles. The Morgan fingerprint density at radius 3 is 2.85 bits per heavy atom. The van der Waals surface area contributed by atoms with Crippen molar-refractivity contribution in [1.29, 1.82) is 0 Å². The van der Waals surface area contributed by atoms with Crippen LogP contribution in [0.1, 0.15) is 10.4 Å². The molecule has 5 nitrogen and oxygen atoms in total. The molecule has 134 valence electrons. The molecule has 0 saturated carbocycles. The van der Waals surface area contributed by atoms with E-state index in [4.69, 9.17) is 4.74 Å². The number of carbonyl (C=O) groups is 1. The number of hydrogen-bond acceptors (Lipinski definition) is 4. The molecule has 0 aliphatic rings. The van der Waals surface area contributed by atoms with Crippen molar-refractivity contribution < 1.29 is 13.9 Å². The van der Waals surface area contributed by atoms with Crippen LogP contribution >= 0.6 is 11.8 Å². The molecule has 0 atom stereocenters. The summed E-state index contributed by atoms with van der Waals surface area (Å²) in [6.07, 6.45) is 5.54. The lowest BCUT2D eigenvalue weighted by Gasteiger charge is -2.10. The highest BCUT2D eigenvalue weighted by molar-refractivity contribution is 7.98. The molecular formula is C19H18FN3O2S. The van der Waals surface area contributed by atoms with Crippen LogP contribution in [0.15, 0.2) is 66.1 Å². The maximum Gasteiger partial charge on any atom is 0.251 e. The zero-order valence-electron chi connectivity index (χ0n) is 14.2. The third-order valence-electron chi connectivity index (χ3n) is 3.65. The smallest absolute Gasteiger partial charge is 0.251 e. The summed E-state index contributed by atoms with van der Waals surface area (Å²) in [5.41, 5.74) is 1.44. The van der Waals surface area contributed by atoms with E-state index in [9.17, 15) is 9.18 Å². The van der Waals surface area contributed by atoms with Crippen molar-refractivity contribution in [2.75, 3.05) is 19.4 Å². The van der Waals surface area contributed by atoms with E-state index in [1.165, 1.54) is 23.9 Å². The summed E-state index contributed by atoms with van der Waals surface area (Å²) in [5.74, 6) is 0.0702. The van der Waals surface area contributed by atoms with Gasteiger partial charge in [0.15, 0.2) is 5.16 Å². The van der Waals surface area contributed by atoms with Gasteiger partial charge in [0.25, 0.3) is 5.91 Å². The van der Waals surface area contributed by atoms with Crippen LogP contribution in [0.25, 0.3) is 5.69 Å². The summed E-state index contributed by atoms with van der Waals surface area (Å²) in [6, 6.07) is 13.1. The topological polar surface area (TPSA) is 56.2 Å². The van der Waals surface area contributed by atoms with Gasteiger partial charge >= 0.3 is 0 Å². The highest BCUT2D eigenvalue weighted by Gasteiger charge is 2.09. The van der Waals surface area contributed by atoms with Crippen molar-refractivity contribution in [3.63, 3.8) is 0 Å². The van der Waals surface area contributed by atoms with E-state index in [1.807, 2.05) is 35.2 Å². The standard InChI is InChI=1S/C19H18FN3O2S/c1-26-19-22-9-11-23(19)16-4-2-3-14(13-16)18(24)21-10-12-25-17-7-5-15(20)6-8-17/h2-9,11,13H,10,12H2,1H3,(H,21,24). The lowest BCUT2D eigenvalue weighted by Crippen LogP contribution is -2.28. The van der Waals surface area contributed by atoms with Gasteiger partial charge in [-0.1, -0.05) is 17.8 Å². The predicted molar refractivity (Wildman–Crippen MR) is 99.6 cm³/mol. The molecule has 3 rings (SSSR count). The number of nitrogens with one attached hydrogen (secondary N) is 1. The van der Waals surface area contributed by atoms with Gasteiger partial charge < -0.3 is 10.1 Å². The molecule has 0 saturated heterocycles. The molecule has 1 heterocycles. The summed E-state index contributed by atoms with van der Waals surface area (Å²) in [4.78, 5) is 16.6. The normalized spacial score (nSPS) is 10.5. The van der Waals surface area contributed by atoms with Crippen LogP contribution in [0, 0.1) is 5.82 Å². The SMILES string of the molecule is CSc1nccn1-c1cccc(C(=O)NCCOc2ccc(F)cc2)c1.